The van der Waals surface area contributed by atoms with Gasteiger partial charge >= 0.3 is 5.97 Å². The summed E-state index contributed by atoms with van der Waals surface area (Å²) < 4.78 is 50.6. The van der Waals surface area contributed by atoms with Crippen LogP contribution in [0.4, 0.5) is 0 Å². The predicted octanol–water partition coefficient (Wildman–Crippen LogP) is 0.0321. The van der Waals surface area contributed by atoms with Crippen LogP contribution in [-0.2, 0) is 24.8 Å². The highest BCUT2D eigenvalue weighted by Gasteiger charge is 2.24. The normalized spacial score (nSPS) is 12.8. The highest BCUT2D eigenvalue weighted by Crippen LogP contribution is 2.20. The zero-order valence-corrected chi connectivity index (χ0v) is 14.1. The minimum Gasteiger partial charge on any atom is -0.481 e. The standard InChI is InChI=1S/C12H18N2O6S2/c1-13(2)21(17,18)10-5-4-6-11(9-10)22(19,20)14(3)8-7-12(15)16/h4-6,9H,7-8H2,1-3H3,(H,15,16). The Labute approximate surface area is 130 Å². The van der Waals surface area contributed by atoms with E-state index < -0.39 is 26.0 Å². The monoisotopic (exact) mass is 350 g/mol. The first-order valence-electron chi connectivity index (χ1n) is 6.20. The van der Waals surface area contributed by atoms with E-state index in [1.165, 1.54) is 39.3 Å². The Kier molecular flexibility index (Phi) is 5.68. The molecule has 0 heterocycles. The maximum atomic E-state index is 12.3. The van der Waals surface area contributed by atoms with Gasteiger partial charge in [-0.2, -0.15) is 0 Å². The first kappa shape index (κ1) is 18.6. The van der Waals surface area contributed by atoms with Crippen molar-refractivity contribution in [1.29, 1.82) is 0 Å². The molecule has 0 aliphatic heterocycles. The molecule has 124 valence electrons. The highest BCUT2D eigenvalue weighted by atomic mass is 32.2. The van der Waals surface area contributed by atoms with Gasteiger partial charge in [-0.25, -0.2) is 25.4 Å². The molecule has 0 aliphatic rings. The van der Waals surface area contributed by atoms with Gasteiger partial charge in [0.05, 0.1) is 16.2 Å². The molecule has 0 fully saturated rings. The van der Waals surface area contributed by atoms with Crippen molar-refractivity contribution in [2.75, 3.05) is 27.7 Å². The molecule has 0 atom stereocenters. The summed E-state index contributed by atoms with van der Waals surface area (Å²) in [4.78, 5) is 10.2. The van der Waals surface area contributed by atoms with Crippen LogP contribution >= 0.6 is 0 Å². The van der Waals surface area contributed by atoms with Crippen LogP contribution < -0.4 is 0 Å². The molecule has 1 aromatic carbocycles. The van der Waals surface area contributed by atoms with Gasteiger partial charge < -0.3 is 5.11 Å². The molecular weight excluding hydrogens is 332 g/mol. The van der Waals surface area contributed by atoms with Crippen LogP contribution in [0.3, 0.4) is 0 Å². The molecule has 10 heteroatoms. The van der Waals surface area contributed by atoms with Crippen LogP contribution in [0.25, 0.3) is 0 Å². The van der Waals surface area contributed by atoms with Crippen LogP contribution in [0, 0.1) is 0 Å². The first-order chi connectivity index (χ1) is 9.99. The molecule has 1 N–H and O–H groups in total. The average molecular weight is 350 g/mol. The molecule has 0 bridgehead atoms. The number of carbonyl (C=O) groups is 1. The maximum Gasteiger partial charge on any atom is 0.304 e. The molecule has 0 radical (unpaired) electrons. The van der Waals surface area contributed by atoms with Crippen molar-refractivity contribution in [2.24, 2.45) is 0 Å². The molecule has 0 saturated heterocycles. The zero-order chi connectivity index (χ0) is 17.1. The number of carboxylic acid groups (broad SMARTS) is 1. The zero-order valence-electron chi connectivity index (χ0n) is 12.4. The van der Waals surface area contributed by atoms with Gasteiger partial charge in [-0.3, -0.25) is 4.79 Å². The quantitative estimate of drug-likeness (QED) is 0.742. The molecule has 8 nitrogen and oxygen atoms in total. The van der Waals surface area contributed by atoms with Gasteiger partial charge in [0.15, 0.2) is 0 Å². The van der Waals surface area contributed by atoms with Crippen LogP contribution in [0.2, 0.25) is 0 Å². The lowest BCUT2D eigenvalue weighted by Crippen LogP contribution is -2.29. The van der Waals surface area contributed by atoms with E-state index in [4.69, 9.17) is 5.11 Å². The van der Waals surface area contributed by atoms with Crippen LogP contribution in [-0.4, -0.2) is 64.2 Å². The fourth-order valence-corrected chi connectivity index (χ4v) is 3.80. The Morgan fingerprint density at radius 1 is 1.05 bits per heavy atom. The summed E-state index contributed by atoms with van der Waals surface area (Å²) in [5.41, 5.74) is 0. The lowest BCUT2D eigenvalue weighted by Gasteiger charge is -2.17. The number of benzene rings is 1. The fourth-order valence-electron chi connectivity index (χ4n) is 1.56. The summed E-state index contributed by atoms with van der Waals surface area (Å²) in [5, 5.41) is 8.60. The van der Waals surface area contributed by atoms with Crippen molar-refractivity contribution < 1.29 is 26.7 Å². The second-order valence-corrected chi connectivity index (χ2v) is 8.93. The van der Waals surface area contributed by atoms with Crippen LogP contribution in [0.15, 0.2) is 34.1 Å². The van der Waals surface area contributed by atoms with Gasteiger partial charge in [-0.15, -0.1) is 0 Å². The van der Waals surface area contributed by atoms with Crippen LogP contribution in [0.1, 0.15) is 6.42 Å². The van der Waals surface area contributed by atoms with Crippen molar-refractivity contribution in [2.45, 2.75) is 16.2 Å². The minimum absolute atomic E-state index is 0.148. The Balaban J connectivity index is 3.20. The third-order valence-corrected chi connectivity index (χ3v) is 6.60. The predicted molar refractivity (Wildman–Crippen MR) is 79.4 cm³/mol. The molecule has 0 aromatic heterocycles. The molecule has 0 spiro atoms. The summed E-state index contributed by atoms with van der Waals surface area (Å²) >= 11 is 0. The van der Waals surface area contributed by atoms with E-state index in [0.29, 0.717) is 0 Å². The average Bonchev–Trinajstić information content (AvgIpc) is 2.44. The number of hydrogen-bond donors (Lipinski definition) is 1. The van der Waals surface area contributed by atoms with Crippen molar-refractivity contribution in [1.82, 2.24) is 8.61 Å². The maximum absolute atomic E-state index is 12.3. The molecule has 1 aromatic rings. The topological polar surface area (TPSA) is 112 Å². The van der Waals surface area contributed by atoms with E-state index in [-0.39, 0.29) is 22.8 Å². The van der Waals surface area contributed by atoms with Gasteiger partial charge in [-0.05, 0) is 18.2 Å². The second kappa shape index (κ2) is 6.73. The van der Waals surface area contributed by atoms with Gasteiger partial charge in [0.2, 0.25) is 20.0 Å². The Morgan fingerprint density at radius 3 is 2.00 bits per heavy atom. The number of carboxylic acids is 1. The number of sulfonamides is 2. The van der Waals surface area contributed by atoms with Gasteiger partial charge in [0, 0.05) is 27.7 Å². The Hall–Kier alpha value is -1.49. The molecule has 0 unspecified atom stereocenters. The van der Waals surface area contributed by atoms with E-state index in [2.05, 4.69) is 0 Å². The number of hydrogen-bond acceptors (Lipinski definition) is 5. The van der Waals surface area contributed by atoms with Crippen molar-refractivity contribution >= 4 is 26.0 Å². The van der Waals surface area contributed by atoms with Gasteiger partial charge in [-0.1, -0.05) is 6.07 Å². The molecule has 0 amide bonds. The summed E-state index contributed by atoms with van der Waals surface area (Å²) in [6.45, 7) is -0.206. The molecule has 0 aliphatic carbocycles. The fraction of sp³-hybridized carbons (Fsp3) is 0.417. The second-order valence-electron chi connectivity index (χ2n) is 4.73. The van der Waals surface area contributed by atoms with E-state index in [9.17, 15) is 21.6 Å². The Morgan fingerprint density at radius 2 is 1.55 bits per heavy atom. The molecule has 22 heavy (non-hydrogen) atoms. The van der Waals surface area contributed by atoms with Crippen molar-refractivity contribution in [3.8, 4) is 0 Å². The van der Waals surface area contributed by atoms with E-state index in [1.54, 1.807) is 0 Å². The summed E-state index contributed by atoms with van der Waals surface area (Å²) in [7, 11) is -3.78. The summed E-state index contributed by atoms with van der Waals surface area (Å²) in [6.07, 6.45) is -0.342. The molecule has 0 saturated carbocycles. The molecule has 1 rings (SSSR count). The smallest absolute Gasteiger partial charge is 0.304 e. The van der Waals surface area contributed by atoms with Crippen LogP contribution in [0.5, 0.6) is 0 Å². The largest absolute Gasteiger partial charge is 0.481 e. The first-order valence-corrected chi connectivity index (χ1v) is 9.08. The van der Waals surface area contributed by atoms with E-state index >= 15 is 0 Å². The SMILES string of the molecule is CN(C)S(=O)(=O)c1cccc(S(=O)(=O)N(C)CCC(=O)O)c1. The van der Waals surface area contributed by atoms with Crippen molar-refractivity contribution in [3.05, 3.63) is 24.3 Å². The van der Waals surface area contributed by atoms with E-state index in [0.717, 1.165) is 14.7 Å². The third kappa shape index (κ3) is 4.03. The lowest BCUT2D eigenvalue weighted by atomic mass is 10.4. The van der Waals surface area contributed by atoms with E-state index in [1.807, 2.05) is 0 Å². The third-order valence-electron chi connectivity index (χ3n) is 2.93. The lowest BCUT2D eigenvalue weighted by molar-refractivity contribution is -0.137. The number of aliphatic carboxylic acids is 1. The number of rotatable bonds is 7. The summed E-state index contributed by atoms with van der Waals surface area (Å²) in [6, 6.07) is 4.95. The summed E-state index contributed by atoms with van der Waals surface area (Å²) in [5.74, 6) is -1.12. The van der Waals surface area contributed by atoms with Gasteiger partial charge in [0.1, 0.15) is 0 Å². The van der Waals surface area contributed by atoms with Gasteiger partial charge in [0.25, 0.3) is 0 Å². The van der Waals surface area contributed by atoms with Crippen molar-refractivity contribution in [3.63, 3.8) is 0 Å². The highest BCUT2D eigenvalue weighted by molar-refractivity contribution is 7.90. The number of nitrogens with zero attached hydrogens (tertiary/aromatic N) is 2. The minimum atomic E-state index is -3.96. The Bertz CT molecular complexity index is 756. The molecular formula is C12H18N2O6S2.